The van der Waals surface area contributed by atoms with E-state index in [0.717, 1.165) is 5.69 Å². The van der Waals surface area contributed by atoms with Crippen LogP contribution in [0.4, 0.5) is 0 Å². The predicted octanol–water partition coefficient (Wildman–Crippen LogP) is 3.16. The first-order valence-corrected chi connectivity index (χ1v) is 8.44. The monoisotopic (exact) mass is 318 g/mol. The highest BCUT2D eigenvalue weighted by Gasteiger charge is 2.17. The lowest BCUT2D eigenvalue weighted by Crippen LogP contribution is -1.96. The molecule has 2 rings (SSSR count). The van der Waals surface area contributed by atoms with Crippen LogP contribution in [0, 0.1) is 0 Å². The molecule has 1 aromatic heterocycles. The van der Waals surface area contributed by atoms with Crippen molar-refractivity contribution < 1.29 is 13.9 Å². The minimum Gasteiger partial charge on any atom is -0.421 e. The third kappa shape index (κ3) is 4.03. The van der Waals surface area contributed by atoms with E-state index in [0.29, 0.717) is 17.4 Å². The van der Waals surface area contributed by atoms with Gasteiger partial charge < -0.3 is 9.42 Å². The quantitative estimate of drug-likeness (QED) is 0.858. The van der Waals surface area contributed by atoms with E-state index in [1.807, 2.05) is 12.1 Å². The van der Waals surface area contributed by atoms with Crippen molar-refractivity contribution in [1.29, 1.82) is 0 Å². The van der Waals surface area contributed by atoms with Gasteiger partial charge in [-0.3, -0.25) is 4.52 Å². The molecule has 0 radical (unpaired) electrons. The Morgan fingerprint density at radius 1 is 1.42 bits per heavy atom. The molecule has 0 aliphatic carbocycles. The Morgan fingerprint density at radius 3 is 2.74 bits per heavy atom. The van der Waals surface area contributed by atoms with Crippen molar-refractivity contribution in [2.24, 2.45) is 0 Å². The second kappa shape index (κ2) is 6.03. The average Bonchev–Trinajstić information content (AvgIpc) is 2.77. The van der Waals surface area contributed by atoms with Crippen LogP contribution < -0.4 is 4.52 Å². The maximum atomic E-state index is 9.71. The fraction of sp³-hybridized carbons (Fsp3) is 0.182. The van der Waals surface area contributed by atoms with E-state index < -0.39 is 6.72 Å². The van der Waals surface area contributed by atoms with E-state index in [2.05, 4.69) is 5.10 Å². The maximum absolute atomic E-state index is 9.71. The molecule has 1 N–H and O–H groups in total. The molecule has 1 heterocycles. The normalized spacial score (nSPS) is 14.1. The molecule has 0 aliphatic rings. The van der Waals surface area contributed by atoms with Crippen molar-refractivity contribution in [3.8, 4) is 11.4 Å². The molecule has 0 saturated heterocycles. The van der Waals surface area contributed by atoms with Crippen LogP contribution in [0.5, 0.6) is 5.75 Å². The molecule has 0 saturated carbocycles. The zero-order valence-corrected chi connectivity index (χ0v) is 12.5. The van der Waals surface area contributed by atoms with Gasteiger partial charge in [0.2, 0.25) is 0 Å². The largest absolute Gasteiger partial charge is 0.421 e. The van der Waals surface area contributed by atoms with E-state index in [1.165, 1.54) is 6.20 Å². The molecule has 0 amide bonds. The standard InChI is InChI=1S/C11H12ClN2O3PS/c1-2-16-18(15,19)17-11-7-13-14(8-11)10-5-3-9(12)4-6-10/h3-8H,2H2,1H3,(H,15,19). The summed E-state index contributed by atoms with van der Waals surface area (Å²) in [5.74, 6) is 0.356. The molecular weight excluding hydrogens is 307 g/mol. The Kier molecular flexibility index (Phi) is 4.60. The molecule has 0 bridgehead atoms. The average molecular weight is 319 g/mol. The van der Waals surface area contributed by atoms with Gasteiger partial charge in [0.15, 0.2) is 5.75 Å². The Bertz CT molecular complexity index is 602. The fourth-order valence-electron chi connectivity index (χ4n) is 1.41. The first-order chi connectivity index (χ1) is 9.00. The van der Waals surface area contributed by atoms with Crippen molar-refractivity contribution in [3.63, 3.8) is 0 Å². The van der Waals surface area contributed by atoms with Gasteiger partial charge in [-0.25, -0.2) is 4.68 Å². The number of hydrogen-bond acceptors (Lipinski definition) is 4. The highest BCUT2D eigenvalue weighted by Crippen LogP contribution is 2.43. The Balaban J connectivity index is 2.15. The summed E-state index contributed by atoms with van der Waals surface area (Å²) < 4.78 is 11.8. The minimum atomic E-state index is -3.24. The van der Waals surface area contributed by atoms with Crippen LogP contribution in [-0.2, 0) is 16.3 Å². The lowest BCUT2D eigenvalue weighted by atomic mass is 10.3. The van der Waals surface area contributed by atoms with Crippen LogP contribution >= 0.6 is 18.3 Å². The molecule has 0 aliphatic heterocycles. The summed E-state index contributed by atoms with van der Waals surface area (Å²) in [7, 11) is 0. The fourth-order valence-corrected chi connectivity index (χ4v) is 2.85. The van der Waals surface area contributed by atoms with Crippen LogP contribution in [0.15, 0.2) is 36.7 Å². The molecule has 8 heteroatoms. The van der Waals surface area contributed by atoms with Gasteiger partial charge in [-0.15, -0.1) is 0 Å². The van der Waals surface area contributed by atoms with E-state index in [9.17, 15) is 4.89 Å². The first-order valence-electron chi connectivity index (χ1n) is 5.48. The van der Waals surface area contributed by atoms with E-state index in [1.54, 1.807) is 29.9 Å². The Labute approximate surface area is 121 Å². The van der Waals surface area contributed by atoms with Crippen LogP contribution in [0.25, 0.3) is 5.69 Å². The molecule has 1 aromatic carbocycles. The van der Waals surface area contributed by atoms with Gasteiger partial charge in [0, 0.05) is 16.8 Å². The van der Waals surface area contributed by atoms with Crippen LogP contribution in [0.2, 0.25) is 5.02 Å². The third-order valence-corrected chi connectivity index (χ3v) is 3.98. The lowest BCUT2D eigenvalue weighted by molar-refractivity contribution is 0.271. The number of hydrogen-bond donors (Lipinski definition) is 1. The third-order valence-electron chi connectivity index (χ3n) is 2.16. The van der Waals surface area contributed by atoms with Crippen molar-refractivity contribution in [2.75, 3.05) is 6.61 Å². The molecule has 5 nitrogen and oxygen atoms in total. The molecule has 0 fully saturated rings. The summed E-state index contributed by atoms with van der Waals surface area (Å²) in [5, 5.41) is 4.76. The van der Waals surface area contributed by atoms with Crippen LogP contribution in [0.1, 0.15) is 6.92 Å². The lowest BCUT2D eigenvalue weighted by Gasteiger charge is -2.13. The van der Waals surface area contributed by atoms with Crippen molar-refractivity contribution in [1.82, 2.24) is 9.78 Å². The van der Waals surface area contributed by atoms with Crippen molar-refractivity contribution in [2.45, 2.75) is 6.92 Å². The van der Waals surface area contributed by atoms with E-state index in [-0.39, 0.29) is 0 Å². The van der Waals surface area contributed by atoms with Gasteiger partial charge in [-0.05, 0) is 31.2 Å². The second-order valence-electron chi connectivity index (χ2n) is 3.57. The maximum Gasteiger partial charge on any atom is 0.378 e. The number of halogens is 1. The SMILES string of the molecule is CCOP(O)(=S)Oc1cnn(-c2ccc(Cl)cc2)c1. The van der Waals surface area contributed by atoms with Crippen LogP contribution in [0.3, 0.4) is 0 Å². The van der Waals surface area contributed by atoms with Gasteiger partial charge in [0.25, 0.3) is 0 Å². The van der Waals surface area contributed by atoms with Gasteiger partial charge in [-0.1, -0.05) is 11.6 Å². The Hall–Kier alpha value is -0.910. The number of benzene rings is 1. The summed E-state index contributed by atoms with van der Waals surface area (Å²) in [6.45, 7) is -1.22. The zero-order chi connectivity index (χ0) is 13.9. The van der Waals surface area contributed by atoms with Gasteiger partial charge >= 0.3 is 6.72 Å². The molecule has 1 atom stereocenters. The molecule has 102 valence electrons. The summed E-state index contributed by atoms with van der Waals surface area (Å²) in [6.07, 6.45) is 3.07. The smallest absolute Gasteiger partial charge is 0.378 e. The van der Waals surface area contributed by atoms with Gasteiger partial charge in [0.05, 0.1) is 24.7 Å². The van der Waals surface area contributed by atoms with Crippen molar-refractivity contribution >= 4 is 30.1 Å². The highest BCUT2D eigenvalue weighted by molar-refractivity contribution is 8.07. The highest BCUT2D eigenvalue weighted by atomic mass is 35.5. The minimum absolute atomic E-state index is 0.291. The van der Waals surface area contributed by atoms with Gasteiger partial charge in [0.1, 0.15) is 0 Å². The second-order valence-corrected chi connectivity index (χ2v) is 6.77. The van der Waals surface area contributed by atoms with Gasteiger partial charge in [-0.2, -0.15) is 5.10 Å². The summed E-state index contributed by atoms with van der Waals surface area (Å²) in [4.78, 5) is 9.71. The number of rotatable bonds is 5. The molecule has 19 heavy (non-hydrogen) atoms. The van der Waals surface area contributed by atoms with E-state index >= 15 is 0 Å². The molecule has 0 spiro atoms. The summed E-state index contributed by atoms with van der Waals surface area (Å²) in [5.41, 5.74) is 0.821. The predicted molar refractivity (Wildman–Crippen MR) is 77.3 cm³/mol. The number of aromatic nitrogens is 2. The first kappa shape index (κ1) is 14.5. The summed E-state index contributed by atoms with van der Waals surface area (Å²) >= 11 is 10.6. The van der Waals surface area contributed by atoms with Crippen molar-refractivity contribution in [3.05, 3.63) is 41.7 Å². The zero-order valence-electron chi connectivity index (χ0n) is 10.1. The molecule has 2 aromatic rings. The number of nitrogens with zero attached hydrogens (tertiary/aromatic N) is 2. The van der Waals surface area contributed by atoms with Crippen LogP contribution in [-0.4, -0.2) is 21.3 Å². The Morgan fingerprint density at radius 2 is 2.11 bits per heavy atom. The summed E-state index contributed by atoms with van der Waals surface area (Å²) in [6, 6.07) is 7.15. The molecular formula is C11H12ClN2O3PS. The van der Waals surface area contributed by atoms with E-state index in [4.69, 9.17) is 32.5 Å². The topological polar surface area (TPSA) is 56.5 Å². The molecule has 1 unspecified atom stereocenters.